The van der Waals surface area contributed by atoms with Gasteiger partial charge in [0.1, 0.15) is 5.82 Å². The topological polar surface area (TPSA) is 61.4 Å². The molecular weight excluding hydrogens is 285 g/mol. The number of carbonyl (C=O) groups is 2. The van der Waals surface area contributed by atoms with Crippen LogP contribution in [0, 0.1) is 5.82 Å². The highest BCUT2D eigenvalue weighted by Gasteiger charge is 2.22. The Kier molecular flexibility index (Phi) is 6.05. The van der Waals surface area contributed by atoms with Gasteiger partial charge >= 0.3 is 0 Å². The summed E-state index contributed by atoms with van der Waals surface area (Å²) in [6.45, 7) is 7.42. The third-order valence-corrected chi connectivity index (χ3v) is 3.08. The van der Waals surface area contributed by atoms with Crippen LogP contribution in [-0.2, 0) is 9.59 Å². The SMILES string of the molecule is C[C@H](C(=O)Nc1ccccc1F)N(C)CC(=O)NC(C)(C)C. The van der Waals surface area contributed by atoms with E-state index < -0.39 is 11.9 Å². The number of likely N-dealkylation sites (N-methyl/N-ethyl adjacent to an activating group) is 1. The lowest BCUT2D eigenvalue weighted by Crippen LogP contribution is -2.49. The zero-order chi connectivity index (χ0) is 16.9. The molecule has 1 atom stereocenters. The summed E-state index contributed by atoms with van der Waals surface area (Å²) in [5, 5.41) is 5.36. The number of hydrogen-bond acceptors (Lipinski definition) is 3. The largest absolute Gasteiger partial charge is 0.350 e. The molecule has 0 bridgehead atoms. The fourth-order valence-corrected chi connectivity index (χ4v) is 1.82. The van der Waals surface area contributed by atoms with E-state index in [0.29, 0.717) is 0 Å². The van der Waals surface area contributed by atoms with E-state index in [-0.39, 0.29) is 29.6 Å². The molecule has 1 aromatic rings. The van der Waals surface area contributed by atoms with E-state index in [1.165, 1.54) is 12.1 Å². The Labute approximate surface area is 130 Å². The van der Waals surface area contributed by atoms with Crippen molar-refractivity contribution in [2.45, 2.75) is 39.3 Å². The highest BCUT2D eigenvalue weighted by molar-refractivity contribution is 5.95. The van der Waals surface area contributed by atoms with Crippen LogP contribution >= 0.6 is 0 Å². The highest BCUT2D eigenvalue weighted by Crippen LogP contribution is 2.13. The number of benzene rings is 1. The van der Waals surface area contributed by atoms with Crippen LogP contribution in [0.5, 0.6) is 0 Å². The van der Waals surface area contributed by atoms with Gasteiger partial charge in [0, 0.05) is 5.54 Å². The molecular formula is C16H24FN3O2. The number of carbonyl (C=O) groups excluding carboxylic acids is 2. The maximum absolute atomic E-state index is 13.5. The van der Waals surface area contributed by atoms with Gasteiger partial charge in [-0.1, -0.05) is 12.1 Å². The Bertz CT molecular complexity index is 540. The Morgan fingerprint density at radius 1 is 1.27 bits per heavy atom. The quantitative estimate of drug-likeness (QED) is 0.874. The molecule has 0 aliphatic heterocycles. The average molecular weight is 309 g/mol. The minimum atomic E-state index is -0.565. The standard InChI is InChI=1S/C16H24FN3O2/c1-11(20(5)10-14(21)19-16(2,3)4)15(22)18-13-9-7-6-8-12(13)17/h6-9,11H,10H2,1-5H3,(H,18,22)(H,19,21)/t11-/m1/s1. The summed E-state index contributed by atoms with van der Waals surface area (Å²) < 4.78 is 13.5. The normalized spacial score (nSPS) is 12.9. The van der Waals surface area contributed by atoms with E-state index in [2.05, 4.69) is 10.6 Å². The first-order valence-corrected chi connectivity index (χ1v) is 7.17. The third-order valence-electron chi connectivity index (χ3n) is 3.08. The van der Waals surface area contributed by atoms with Crippen LogP contribution in [0.15, 0.2) is 24.3 Å². The van der Waals surface area contributed by atoms with Crippen molar-refractivity contribution in [2.24, 2.45) is 0 Å². The van der Waals surface area contributed by atoms with Crippen molar-refractivity contribution >= 4 is 17.5 Å². The van der Waals surface area contributed by atoms with Crippen molar-refractivity contribution in [1.29, 1.82) is 0 Å². The maximum Gasteiger partial charge on any atom is 0.241 e. The lowest BCUT2D eigenvalue weighted by atomic mass is 10.1. The second-order valence-corrected chi connectivity index (χ2v) is 6.36. The van der Waals surface area contributed by atoms with Gasteiger partial charge in [-0.3, -0.25) is 14.5 Å². The molecule has 0 heterocycles. The van der Waals surface area contributed by atoms with Gasteiger partial charge in [-0.05, 0) is 46.9 Å². The van der Waals surface area contributed by atoms with Crippen molar-refractivity contribution in [3.05, 3.63) is 30.1 Å². The zero-order valence-electron chi connectivity index (χ0n) is 13.7. The van der Waals surface area contributed by atoms with Gasteiger partial charge in [0.15, 0.2) is 0 Å². The van der Waals surface area contributed by atoms with Crippen LogP contribution in [0.2, 0.25) is 0 Å². The number of nitrogens with one attached hydrogen (secondary N) is 2. The molecule has 0 aliphatic rings. The number of nitrogens with zero attached hydrogens (tertiary/aromatic N) is 1. The molecule has 0 aromatic heterocycles. The number of halogens is 1. The van der Waals surface area contributed by atoms with E-state index in [9.17, 15) is 14.0 Å². The Morgan fingerprint density at radius 2 is 1.86 bits per heavy atom. The number of rotatable bonds is 5. The third kappa shape index (κ3) is 5.81. The molecule has 0 saturated carbocycles. The van der Waals surface area contributed by atoms with Gasteiger partial charge in [0.05, 0.1) is 18.3 Å². The zero-order valence-corrected chi connectivity index (χ0v) is 13.7. The van der Waals surface area contributed by atoms with Crippen LogP contribution in [0.3, 0.4) is 0 Å². The summed E-state index contributed by atoms with van der Waals surface area (Å²) in [5.74, 6) is -1.02. The molecule has 0 unspecified atom stereocenters. The fourth-order valence-electron chi connectivity index (χ4n) is 1.82. The first-order chi connectivity index (χ1) is 10.1. The van der Waals surface area contributed by atoms with Crippen LogP contribution < -0.4 is 10.6 Å². The summed E-state index contributed by atoms with van der Waals surface area (Å²) in [6, 6.07) is 5.40. The summed E-state index contributed by atoms with van der Waals surface area (Å²) in [5.41, 5.74) is -0.191. The van der Waals surface area contributed by atoms with E-state index in [0.717, 1.165) is 0 Å². The smallest absolute Gasteiger partial charge is 0.241 e. The molecule has 5 nitrogen and oxygen atoms in total. The maximum atomic E-state index is 13.5. The van der Waals surface area contributed by atoms with Gasteiger partial charge in [0.25, 0.3) is 0 Å². The highest BCUT2D eigenvalue weighted by atomic mass is 19.1. The molecule has 2 N–H and O–H groups in total. The van der Waals surface area contributed by atoms with Crippen molar-refractivity contribution < 1.29 is 14.0 Å². The molecule has 22 heavy (non-hydrogen) atoms. The van der Waals surface area contributed by atoms with Gasteiger partial charge < -0.3 is 10.6 Å². The van der Waals surface area contributed by atoms with Crippen molar-refractivity contribution in [1.82, 2.24) is 10.2 Å². The summed E-state index contributed by atoms with van der Waals surface area (Å²) in [7, 11) is 1.67. The van der Waals surface area contributed by atoms with E-state index in [1.54, 1.807) is 31.0 Å². The molecule has 1 aromatic carbocycles. The van der Waals surface area contributed by atoms with Crippen LogP contribution in [0.4, 0.5) is 10.1 Å². The van der Waals surface area contributed by atoms with E-state index >= 15 is 0 Å². The molecule has 122 valence electrons. The van der Waals surface area contributed by atoms with Crippen molar-refractivity contribution in [3.8, 4) is 0 Å². The van der Waals surface area contributed by atoms with Crippen LogP contribution in [0.25, 0.3) is 0 Å². The second kappa shape index (κ2) is 7.35. The number of anilines is 1. The summed E-state index contributed by atoms with van der Waals surface area (Å²) in [4.78, 5) is 25.6. The van der Waals surface area contributed by atoms with Crippen LogP contribution in [0.1, 0.15) is 27.7 Å². The minimum Gasteiger partial charge on any atom is -0.350 e. The molecule has 0 fully saturated rings. The predicted octanol–water partition coefficient (Wildman–Crippen LogP) is 2.00. The average Bonchev–Trinajstić information content (AvgIpc) is 2.38. The first kappa shape index (κ1) is 18.1. The number of para-hydroxylation sites is 1. The molecule has 2 amide bonds. The summed E-state index contributed by atoms with van der Waals surface area (Å²) >= 11 is 0. The van der Waals surface area contributed by atoms with Gasteiger partial charge in [-0.25, -0.2) is 4.39 Å². The molecule has 1 rings (SSSR count). The number of amides is 2. The monoisotopic (exact) mass is 309 g/mol. The van der Waals surface area contributed by atoms with Crippen LogP contribution in [-0.4, -0.2) is 41.9 Å². The lowest BCUT2D eigenvalue weighted by molar-refractivity contribution is -0.125. The molecule has 0 radical (unpaired) electrons. The van der Waals surface area contributed by atoms with Crippen molar-refractivity contribution in [3.63, 3.8) is 0 Å². The van der Waals surface area contributed by atoms with E-state index in [4.69, 9.17) is 0 Å². The Morgan fingerprint density at radius 3 is 2.41 bits per heavy atom. The predicted molar refractivity (Wildman–Crippen MR) is 85.0 cm³/mol. The van der Waals surface area contributed by atoms with Gasteiger partial charge in [-0.2, -0.15) is 0 Å². The first-order valence-electron chi connectivity index (χ1n) is 7.17. The second-order valence-electron chi connectivity index (χ2n) is 6.36. The van der Waals surface area contributed by atoms with Crippen molar-refractivity contribution in [2.75, 3.05) is 18.9 Å². The fraction of sp³-hybridized carbons (Fsp3) is 0.500. The lowest BCUT2D eigenvalue weighted by Gasteiger charge is -2.26. The van der Waals surface area contributed by atoms with E-state index in [1.807, 2.05) is 20.8 Å². The molecule has 0 aliphatic carbocycles. The number of hydrogen-bond donors (Lipinski definition) is 2. The molecule has 0 saturated heterocycles. The minimum absolute atomic E-state index is 0.0864. The molecule has 0 spiro atoms. The molecule has 6 heteroatoms. The Balaban J connectivity index is 2.59. The van der Waals surface area contributed by atoms with Gasteiger partial charge in [-0.15, -0.1) is 0 Å². The Hall–Kier alpha value is -1.95. The summed E-state index contributed by atoms with van der Waals surface area (Å²) in [6.07, 6.45) is 0. The van der Waals surface area contributed by atoms with Gasteiger partial charge in [0.2, 0.25) is 11.8 Å².